The van der Waals surface area contributed by atoms with Gasteiger partial charge in [-0.1, -0.05) is 72.8 Å². The summed E-state index contributed by atoms with van der Waals surface area (Å²) in [4.78, 5) is 0. The van der Waals surface area contributed by atoms with Crippen molar-refractivity contribution < 1.29 is 0 Å². The molecule has 0 heteroatoms. The SMILES string of the molecule is c1ccc2c(c1)Cc1c-2ccc2c1Cc1cccc3cccc-2c13. The molecule has 4 aromatic carbocycles. The molecule has 2 aliphatic carbocycles. The molecule has 0 spiro atoms. The van der Waals surface area contributed by atoms with E-state index >= 15 is 0 Å². The lowest BCUT2D eigenvalue weighted by Gasteiger charge is -2.23. The van der Waals surface area contributed by atoms with Crippen LogP contribution in [-0.4, -0.2) is 0 Å². The van der Waals surface area contributed by atoms with Gasteiger partial charge in [0, 0.05) is 0 Å². The Hall–Kier alpha value is -2.86. The van der Waals surface area contributed by atoms with Gasteiger partial charge >= 0.3 is 0 Å². The molecule has 0 aliphatic heterocycles. The number of fused-ring (bicyclic) bond motifs is 6. The summed E-state index contributed by atoms with van der Waals surface area (Å²) in [5, 5.41) is 2.81. The molecule has 0 bridgehead atoms. The highest BCUT2D eigenvalue weighted by Gasteiger charge is 2.26. The van der Waals surface area contributed by atoms with E-state index in [1.54, 1.807) is 5.56 Å². The van der Waals surface area contributed by atoms with Crippen molar-refractivity contribution in [2.45, 2.75) is 12.8 Å². The lowest BCUT2D eigenvalue weighted by atomic mass is 9.80. The smallest absolute Gasteiger partial charge is 0.00102 e. The van der Waals surface area contributed by atoms with Gasteiger partial charge in [-0.05, 0) is 68.1 Å². The number of rotatable bonds is 0. The van der Waals surface area contributed by atoms with E-state index in [1.807, 2.05) is 0 Å². The molecule has 24 heavy (non-hydrogen) atoms. The Morgan fingerprint density at radius 3 is 1.96 bits per heavy atom. The van der Waals surface area contributed by atoms with Gasteiger partial charge < -0.3 is 0 Å². The molecule has 4 aromatic rings. The number of benzene rings is 4. The molecule has 2 aliphatic rings. The summed E-state index contributed by atoms with van der Waals surface area (Å²) >= 11 is 0. The second kappa shape index (κ2) is 4.36. The number of hydrogen-bond acceptors (Lipinski definition) is 0. The van der Waals surface area contributed by atoms with Crippen LogP contribution in [0, 0.1) is 0 Å². The predicted octanol–water partition coefficient (Wildman–Crippen LogP) is 5.98. The summed E-state index contributed by atoms with van der Waals surface area (Å²) < 4.78 is 0. The van der Waals surface area contributed by atoms with Crippen LogP contribution >= 0.6 is 0 Å². The molecule has 0 heterocycles. The molecular weight excluding hydrogens is 288 g/mol. The second-order valence-corrected chi connectivity index (χ2v) is 6.95. The first-order chi connectivity index (χ1) is 11.9. The van der Waals surface area contributed by atoms with E-state index in [4.69, 9.17) is 0 Å². The summed E-state index contributed by atoms with van der Waals surface area (Å²) in [5.74, 6) is 0. The topological polar surface area (TPSA) is 0 Å². The van der Waals surface area contributed by atoms with Crippen molar-refractivity contribution in [3.8, 4) is 22.3 Å². The van der Waals surface area contributed by atoms with Crippen LogP contribution < -0.4 is 0 Å². The van der Waals surface area contributed by atoms with Crippen LogP contribution in [0.25, 0.3) is 33.0 Å². The lowest BCUT2D eigenvalue weighted by Crippen LogP contribution is -2.04. The van der Waals surface area contributed by atoms with Gasteiger partial charge in [0.15, 0.2) is 0 Å². The fourth-order valence-electron chi connectivity index (χ4n) is 4.71. The van der Waals surface area contributed by atoms with E-state index in [0.717, 1.165) is 12.8 Å². The third-order valence-electron chi connectivity index (χ3n) is 5.75. The molecule has 0 saturated carbocycles. The summed E-state index contributed by atoms with van der Waals surface area (Å²) in [6.45, 7) is 0. The molecule has 0 N–H and O–H groups in total. The molecule has 0 fully saturated rings. The zero-order valence-electron chi connectivity index (χ0n) is 13.3. The van der Waals surface area contributed by atoms with Crippen molar-refractivity contribution >= 4 is 10.8 Å². The molecule has 0 unspecified atom stereocenters. The lowest BCUT2D eigenvalue weighted by molar-refractivity contribution is 1.12. The predicted molar refractivity (Wildman–Crippen MR) is 100 cm³/mol. The summed E-state index contributed by atoms with van der Waals surface area (Å²) in [5.41, 5.74) is 11.7. The molecule has 0 amide bonds. The fourth-order valence-corrected chi connectivity index (χ4v) is 4.71. The van der Waals surface area contributed by atoms with Crippen molar-refractivity contribution in [2.24, 2.45) is 0 Å². The van der Waals surface area contributed by atoms with Gasteiger partial charge in [-0.2, -0.15) is 0 Å². The maximum atomic E-state index is 2.35. The summed E-state index contributed by atoms with van der Waals surface area (Å²) in [7, 11) is 0. The monoisotopic (exact) mass is 304 g/mol. The van der Waals surface area contributed by atoms with Gasteiger partial charge in [-0.15, -0.1) is 0 Å². The average molecular weight is 304 g/mol. The van der Waals surface area contributed by atoms with Crippen molar-refractivity contribution in [2.75, 3.05) is 0 Å². The van der Waals surface area contributed by atoms with Crippen molar-refractivity contribution in [1.82, 2.24) is 0 Å². The van der Waals surface area contributed by atoms with Crippen LogP contribution in [0.15, 0.2) is 72.8 Å². The normalized spacial score (nSPS) is 13.5. The Kier molecular flexibility index (Phi) is 2.28. The van der Waals surface area contributed by atoms with Crippen LogP contribution in [0.4, 0.5) is 0 Å². The molecule has 0 nitrogen and oxygen atoms in total. The van der Waals surface area contributed by atoms with Crippen LogP contribution in [0.3, 0.4) is 0 Å². The van der Waals surface area contributed by atoms with Crippen molar-refractivity contribution in [1.29, 1.82) is 0 Å². The van der Waals surface area contributed by atoms with E-state index < -0.39 is 0 Å². The van der Waals surface area contributed by atoms with Crippen LogP contribution in [0.2, 0.25) is 0 Å². The molecule has 0 saturated heterocycles. The molecule has 112 valence electrons. The first-order valence-corrected chi connectivity index (χ1v) is 8.64. The van der Waals surface area contributed by atoms with Gasteiger partial charge in [0.25, 0.3) is 0 Å². The zero-order valence-corrected chi connectivity index (χ0v) is 13.3. The Morgan fingerprint density at radius 2 is 1.08 bits per heavy atom. The van der Waals surface area contributed by atoms with Gasteiger partial charge in [-0.3, -0.25) is 0 Å². The highest BCUT2D eigenvalue weighted by Crippen LogP contribution is 2.46. The largest absolute Gasteiger partial charge is 0.0619 e. The molecule has 6 rings (SSSR count). The van der Waals surface area contributed by atoms with E-state index in [1.165, 1.54) is 49.7 Å². The third-order valence-corrected chi connectivity index (χ3v) is 5.75. The minimum atomic E-state index is 1.06. The molecular formula is C24H16. The first kappa shape index (κ1) is 12.5. The Labute approximate surface area is 141 Å². The Balaban J connectivity index is 1.69. The van der Waals surface area contributed by atoms with Crippen molar-refractivity contribution in [3.63, 3.8) is 0 Å². The highest BCUT2D eigenvalue weighted by atomic mass is 14.3. The van der Waals surface area contributed by atoms with E-state index in [2.05, 4.69) is 72.8 Å². The average Bonchev–Trinajstić information content (AvgIpc) is 3.01. The van der Waals surface area contributed by atoms with E-state index in [9.17, 15) is 0 Å². The van der Waals surface area contributed by atoms with E-state index in [0.29, 0.717) is 0 Å². The maximum absolute atomic E-state index is 2.35. The maximum Gasteiger partial charge on any atom is -0.00102 e. The third kappa shape index (κ3) is 1.48. The van der Waals surface area contributed by atoms with Crippen LogP contribution in [0.5, 0.6) is 0 Å². The standard InChI is InChI=1S/C24H16/c1-2-9-18-16(5-1)13-22-19(18)11-12-20-21-10-4-7-15-6-3-8-17(24(15)21)14-23(20)22/h1-12H,13-14H2. The quantitative estimate of drug-likeness (QED) is 0.324. The van der Waals surface area contributed by atoms with Gasteiger partial charge in [0.1, 0.15) is 0 Å². The fraction of sp³-hybridized carbons (Fsp3) is 0.0833. The minimum absolute atomic E-state index is 1.06. The van der Waals surface area contributed by atoms with Crippen LogP contribution in [-0.2, 0) is 12.8 Å². The van der Waals surface area contributed by atoms with Crippen LogP contribution in [0.1, 0.15) is 22.3 Å². The highest BCUT2D eigenvalue weighted by molar-refractivity contribution is 6.02. The molecule has 0 radical (unpaired) electrons. The summed E-state index contributed by atoms with van der Waals surface area (Å²) in [6, 6.07) is 27.0. The van der Waals surface area contributed by atoms with Gasteiger partial charge in [-0.25, -0.2) is 0 Å². The molecule has 0 aromatic heterocycles. The Bertz CT molecular complexity index is 1140. The van der Waals surface area contributed by atoms with Gasteiger partial charge in [0.05, 0.1) is 0 Å². The first-order valence-electron chi connectivity index (χ1n) is 8.64. The van der Waals surface area contributed by atoms with E-state index in [-0.39, 0.29) is 0 Å². The minimum Gasteiger partial charge on any atom is -0.0619 e. The summed E-state index contributed by atoms with van der Waals surface area (Å²) in [6.07, 6.45) is 2.13. The second-order valence-electron chi connectivity index (χ2n) is 6.95. The number of hydrogen-bond donors (Lipinski definition) is 0. The van der Waals surface area contributed by atoms with Gasteiger partial charge in [0.2, 0.25) is 0 Å². The molecule has 0 atom stereocenters. The zero-order chi connectivity index (χ0) is 15.7. The van der Waals surface area contributed by atoms with Crippen molar-refractivity contribution in [3.05, 3.63) is 95.1 Å². The Morgan fingerprint density at radius 1 is 0.458 bits per heavy atom.